The lowest BCUT2D eigenvalue weighted by Gasteiger charge is -2.23. The molecule has 0 saturated carbocycles. The maximum atomic E-state index is 12.3. The minimum atomic E-state index is -3.70. The summed E-state index contributed by atoms with van der Waals surface area (Å²) in [5.74, 6) is -1.13. The van der Waals surface area contributed by atoms with Crippen LogP contribution in [-0.2, 0) is 10.0 Å². The van der Waals surface area contributed by atoms with Crippen molar-refractivity contribution in [3.05, 3.63) is 14.7 Å². The molecule has 2 rings (SSSR count). The van der Waals surface area contributed by atoms with E-state index in [9.17, 15) is 13.2 Å². The molecule has 9 heteroatoms. The van der Waals surface area contributed by atoms with Crippen molar-refractivity contribution >= 4 is 43.3 Å². The van der Waals surface area contributed by atoms with Crippen molar-refractivity contribution in [1.29, 1.82) is 0 Å². The number of sulfonamides is 1. The second-order valence-electron chi connectivity index (χ2n) is 5.00. The molecule has 2 N–H and O–H groups in total. The lowest BCUT2D eigenvalue weighted by Crippen LogP contribution is -2.40. The van der Waals surface area contributed by atoms with Gasteiger partial charge in [0.05, 0.1) is 3.79 Å². The van der Waals surface area contributed by atoms with Gasteiger partial charge in [0.1, 0.15) is 9.77 Å². The van der Waals surface area contributed by atoms with Gasteiger partial charge in [-0.25, -0.2) is 17.9 Å². The smallest absolute Gasteiger partial charge is 0.345 e. The van der Waals surface area contributed by atoms with Crippen LogP contribution < -0.4 is 4.72 Å². The summed E-state index contributed by atoms with van der Waals surface area (Å²) in [4.78, 5) is 13.1. The van der Waals surface area contributed by atoms with E-state index in [1.807, 2.05) is 6.92 Å². The van der Waals surface area contributed by atoms with Gasteiger partial charge in [0.25, 0.3) is 0 Å². The highest BCUT2D eigenvalue weighted by Crippen LogP contribution is 2.31. The Hall–Kier alpha value is -0.480. The summed E-state index contributed by atoms with van der Waals surface area (Å²) in [6.07, 6.45) is 2.30. The number of nitrogens with one attached hydrogen (secondary N) is 1. The number of hydrogen-bond donors (Lipinski definition) is 2. The zero-order chi connectivity index (χ0) is 15.6. The first-order chi connectivity index (χ1) is 9.81. The highest BCUT2D eigenvalue weighted by molar-refractivity contribution is 9.11. The quantitative estimate of drug-likeness (QED) is 0.767. The van der Waals surface area contributed by atoms with E-state index in [4.69, 9.17) is 5.11 Å². The van der Waals surface area contributed by atoms with Crippen LogP contribution in [0.4, 0.5) is 0 Å². The van der Waals surface area contributed by atoms with Crippen LogP contribution in [0.2, 0.25) is 0 Å². The van der Waals surface area contributed by atoms with Gasteiger partial charge in [0.15, 0.2) is 0 Å². The molecule has 2 heterocycles. The molecule has 6 nitrogen and oxygen atoms in total. The molecular formula is C12H17BrN2O4S2. The minimum Gasteiger partial charge on any atom is -0.477 e. The lowest BCUT2D eigenvalue weighted by molar-refractivity contribution is 0.0702. The molecule has 0 radical (unpaired) electrons. The van der Waals surface area contributed by atoms with Gasteiger partial charge in [-0.2, -0.15) is 0 Å². The first-order valence-corrected chi connectivity index (χ1v) is 9.67. The average Bonchev–Trinajstić information content (AvgIpc) is 3.05. The molecule has 118 valence electrons. The van der Waals surface area contributed by atoms with Crippen LogP contribution in [0.15, 0.2) is 14.7 Å². The zero-order valence-electron chi connectivity index (χ0n) is 11.5. The largest absolute Gasteiger partial charge is 0.477 e. The van der Waals surface area contributed by atoms with Crippen molar-refractivity contribution < 1.29 is 18.3 Å². The van der Waals surface area contributed by atoms with Crippen molar-refractivity contribution in [2.45, 2.75) is 30.7 Å². The Kier molecular flexibility index (Phi) is 5.42. The van der Waals surface area contributed by atoms with Crippen LogP contribution in [0.5, 0.6) is 0 Å². The van der Waals surface area contributed by atoms with E-state index < -0.39 is 16.0 Å². The number of carboxylic acids is 1. The number of carboxylic acid groups (broad SMARTS) is 1. The third-order valence-corrected chi connectivity index (χ3v) is 7.15. The van der Waals surface area contributed by atoms with Gasteiger partial charge in [-0.3, -0.25) is 4.90 Å². The molecule has 1 aliphatic heterocycles. The fourth-order valence-electron chi connectivity index (χ4n) is 2.26. The Morgan fingerprint density at radius 2 is 2.14 bits per heavy atom. The van der Waals surface area contributed by atoms with E-state index in [0.29, 0.717) is 10.3 Å². The molecule has 1 aliphatic rings. The first-order valence-electron chi connectivity index (χ1n) is 6.57. The number of hydrogen-bond acceptors (Lipinski definition) is 5. The summed E-state index contributed by atoms with van der Waals surface area (Å²) in [6.45, 7) is 4.29. The molecule has 0 spiro atoms. The van der Waals surface area contributed by atoms with E-state index in [-0.39, 0.29) is 15.8 Å². The average molecular weight is 397 g/mol. The summed E-state index contributed by atoms with van der Waals surface area (Å²) >= 11 is 4.02. The summed E-state index contributed by atoms with van der Waals surface area (Å²) in [5.41, 5.74) is 0. The molecule has 21 heavy (non-hydrogen) atoms. The van der Waals surface area contributed by atoms with Crippen molar-refractivity contribution in [2.75, 3.05) is 19.6 Å². The summed E-state index contributed by atoms with van der Waals surface area (Å²) in [6, 6.07) is 1.30. The number of aromatic carboxylic acids is 1. The van der Waals surface area contributed by atoms with Gasteiger partial charge in [-0.05, 0) is 54.9 Å². The predicted molar refractivity (Wildman–Crippen MR) is 84.4 cm³/mol. The number of rotatable bonds is 6. The van der Waals surface area contributed by atoms with Crippen LogP contribution in [0.3, 0.4) is 0 Å². The van der Waals surface area contributed by atoms with Crippen molar-refractivity contribution in [3.8, 4) is 0 Å². The monoisotopic (exact) mass is 396 g/mol. The second kappa shape index (κ2) is 6.74. The number of halogens is 1. The van der Waals surface area contributed by atoms with E-state index >= 15 is 0 Å². The highest BCUT2D eigenvalue weighted by Gasteiger charge is 2.25. The second-order valence-corrected chi connectivity index (χ2v) is 9.10. The summed E-state index contributed by atoms with van der Waals surface area (Å²) in [7, 11) is -3.70. The standard InChI is InChI=1S/C12H17BrN2O4S2/c1-8(15-4-2-3-5-15)7-14-21(18,19)10-6-9(12(16)17)20-11(10)13/h6,8,14H,2-5,7H2,1H3,(H,16,17). The summed E-state index contributed by atoms with van der Waals surface area (Å²) in [5, 5.41) is 8.92. The Bertz CT molecular complexity index is 623. The predicted octanol–water partition coefficient (Wildman–Crippen LogP) is 1.97. The van der Waals surface area contributed by atoms with Crippen molar-refractivity contribution in [2.24, 2.45) is 0 Å². The highest BCUT2D eigenvalue weighted by atomic mass is 79.9. The van der Waals surface area contributed by atoms with Gasteiger partial charge >= 0.3 is 5.97 Å². The molecule has 0 aromatic carbocycles. The lowest BCUT2D eigenvalue weighted by atomic mass is 10.3. The van der Waals surface area contributed by atoms with Crippen LogP contribution in [0, 0.1) is 0 Å². The first kappa shape index (κ1) is 16.9. The molecule has 0 aliphatic carbocycles. The normalized spacial score (nSPS) is 18.0. The van der Waals surface area contributed by atoms with E-state index in [1.165, 1.54) is 6.07 Å². The Morgan fingerprint density at radius 3 is 2.67 bits per heavy atom. The molecule has 1 fully saturated rings. The third kappa shape index (κ3) is 4.04. The van der Waals surface area contributed by atoms with Crippen LogP contribution in [0.1, 0.15) is 29.4 Å². The van der Waals surface area contributed by atoms with Crippen molar-refractivity contribution in [1.82, 2.24) is 9.62 Å². The van der Waals surface area contributed by atoms with E-state index in [0.717, 1.165) is 37.3 Å². The molecular weight excluding hydrogens is 380 g/mol. The van der Waals surface area contributed by atoms with Gasteiger partial charge in [-0.15, -0.1) is 11.3 Å². The fourth-order valence-corrected chi connectivity index (χ4v) is 5.78. The van der Waals surface area contributed by atoms with Crippen LogP contribution >= 0.6 is 27.3 Å². The Morgan fingerprint density at radius 1 is 1.52 bits per heavy atom. The van der Waals surface area contributed by atoms with Crippen LogP contribution in [-0.4, -0.2) is 50.1 Å². The summed E-state index contributed by atoms with van der Waals surface area (Å²) < 4.78 is 27.4. The molecule has 0 amide bonds. The van der Waals surface area contributed by atoms with Gasteiger partial charge in [0.2, 0.25) is 10.0 Å². The fraction of sp³-hybridized carbons (Fsp3) is 0.583. The van der Waals surface area contributed by atoms with Gasteiger partial charge < -0.3 is 5.11 Å². The number of carbonyl (C=O) groups is 1. The molecule has 1 aromatic heterocycles. The van der Waals surface area contributed by atoms with Crippen LogP contribution in [0.25, 0.3) is 0 Å². The number of thiophene rings is 1. The van der Waals surface area contributed by atoms with Gasteiger partial charge in [0, 0.05) is 12.6 Å². The molecule has 1 saturated heterocycles. The maximum Gasteiger partial charge on any atom is 0.345 e. The molecule has 1 unspecified atom stereocenters. The molecule has 1 aromatic rings. The minimum absolute atomic E-state index is 0.00478. The Labute approximate surface area is 136 Å². The van der Waals surface area contributed by atoms with E-state index in [1.54, 1.807) is 0 Å². The van der Waals surface area contributed by atoms with E-state index in [2.05, 4.69) is 25.6 Å². The SMILES string of the molecule is CC(CNS(=O)(=O)c1cc(C(=O)O)sc1Br)N1CCCC1. The number of nitrogens with zero attached hydrogens (tertiary/aromatic N) is 1. The number of likely N-dealkylation sites (tertiary alicyclic amines) is 1. The molecule has 0 bridgehead atoms. The third-order valence-electron chi connectivity index (χ3n) is 3.49. The van der Waals surface area contributed by atoms with Gasteiger partial charge in [-0.1, -0.05) is 0 Å². The Balaban J connectivity index is 2.06. The van der Waals surface area contributed by atoms with Crippen molar-refractivity contribution in [3.63, 3.8) is 0 Å². The topological polar surface area (TPSA) is 86.7 Å². The maximum absolute atomic E-state index is 12.3. The molecule has 1 atom stereocenters. The zero-order valence-corrected chi connectivity index (χ0v) is 14.7.